The Morgan fingerprint density at radius 3 is 2.88 bits per heavy atom. The molecular weight excluding hydrogens is 380 g/mol. The minimum atomic E-state index is 0.644. The molecule has 0 radical (unpaired) electrons. The predicted molar refractivity (Wildman–Crippen MR) is 103 cm³/mol. The molecule has 0 aliphatic carbocycles. The number of pyridine rings is 1. The van der Waals surface area contributed by atoms with E-state index in [-0.39, 0.29) is 0 Å². The fourth-order valence-electron chi connectivity index (χ4n) is 2.54. The fourth-order valence-corrected chi connectivity index (χ4v) is 3.01. The van der Waals surface area contributed by atoms with E-state index in [1.807, 2.05) is 36.4 Å². The zero-order valence-corrected chi connectivity index (χ0v) is 15.8. The third-order valence-electron chi connectivity index (χ3n) is 3.80. The maximum atomic E-state index is 5.95. The fraction of sp³-hybridized carbons (Fsp3) is 0.250. The Kier molecular flexibility index (Phi) is 6.25. The van der Waals surface area contributed by atoms with Gasteiger partial charge in [0, 0.05) is 22.3 Å². The second-order valence-corrected chi connectivity index (χ2v) is 6.69. The van der Waals surface area contributed by atoms with Gasteiger partial charge in [0.25, 0.3) is 0 Å². The molecule has 4 nitrogen and oxygen atoms in total. The van der Waals surface area contributed by atoms with Crippen molar-refractivity contribution in [2.75, 3.05) is 13.2 Å². The summed E-state index contributed by atoms with van der Waals surface area (Å²) in [7, 11) is 0. The molecule has 0 fully saturated rings. The summed E-state index contributed by atoms with van der Waals surface area (Å²) in [5.41, 5.74) is 2.31. The Labute approximate surface area is 156 Å². The minimum Gasteiger partial charge on any atom is -0.478 e. The number of furan rings is 1. The summed E-state index contributed by atoms with van der Waals surface area (Å²) < 4.78 is 12.6. The third-order valence-corrected chi connectivity index (χ3v) is 4.29. The van der Waals surface area contributed by atoms with Crippen LogP contribution in [0.1, 0.15) is 17.7 Å². The monoisotopic (exact) mass is 400 g/mol. The van der Waals surface area contributed by atoms with Gasteiger partial charge in [0.05, 0.1) is 13.2 Å². The van der Waals surface area contributed by atoms with Crippen LogP contribution in [-0.4, -0.2) is 18.1 Å². The lowest BCUT2D eigenvalue weighted by Crippen LogP contribution is -2.16. The second-order valence-electron chi connectivity index (χ2n) is 5.77. The lowest BCUT2D eigenvalue weighted by atomic mass is 10.1. The molecule has 130 valence electrons. The third kappa shape index (κ3) is 5.18. The molecular formula is C20H21BrN2O2. The molecule has 2 heterocycles. The first-order valence-electron chi connectivity index (χ1n) is 8.32. The zero-order chi connectivity index (χ0) is 17.5. The van der Waals surface area contributed by atoms with Crippen molar-refractivity contribution in [3.63, 3.8) is 0 Å². The number of rotatable bonds is 8. The normalized spacial score (nSPS) is 10.8. The van der Waals surface area contributed by atoms with Crippen molar-refractivity contribution < 1.29 is 9.15 Å². The van der Waals surface area contributed by atoms with Crippen LogP contribution in [0.15, 0.2) is 63.6 Å². The number of halogens is 1. The predicted octanol–water partition coefficient (Wildman–Crippen LogP) is 4.97. The van der Waals surface area contributed by atoms with Gasteiger partial charge >= 0.3 is 0 Å². The van der Waals surface area contributed by atoms with Crippen molar-refractivity contribution in [2.24, 2.45) is 0 Å². The van der Waals surface area contributed by atoms with Gasteiger partial charge in [0.15, 0.2) is 0 Å². The Hall–Kier alpha value is -2.11. The number of aryl methyl sites for hydroxylation is 1. The van der Waals surface area contributed by atoms with Gasteiger partial charge in [0.2, 0.25) is 5.88 Å². The van der Waals surface area contributed by atoms with Crippen molar-refractivity contribution in [1.82, 2.24) is 10.3 Å². The van der Waals surface area contributed by atoms with Crippen molar-refractivity contribution in [2.45, 2.75) is 19.9 Å². The molecule has 0 saturated carbocycles. The van der Waals surface area contributed by atoms with Crippen LogP contribution in [0.4, 0.5) is 0 Å². The van der Waals surface area contributed by atoms with Crippen molar-refractivity contribution >= 4 is 15.9 Å². The van der Waals surface area contributed by atoms with Gasteiger partial charge in [-0.1, -0.05) is 22.0 Å². The van der Waals surface area contributed by atoms with Gasteiger partial charge < -0.3 is 14.5 Å². The summed E-state index contributed by atoms with van der Waals surface area (Å²) in [4.78, 5) is 4.13. The molecule has 1 aromatic carbocycles. The van der Waals surface area contributed by atoms with E-state index in [2.05, 4.69) is 45.3 Å². The van der Waals surface area contributed by atoms with E-state index in [0.29, 0.717) is 19.0 Å². The summed E-state index contributed by atoms with van der Waals surface area (Å²) >= 11 is 3.49. The second kappa shape index (κ2) is 8.83. The summed E-state index contributed by atoms with van der Waals surface area (Å²) in [6.07, 6.45) is 2.64. The van der Waals surface area contributed by atoms with E-state index in [1.54, 1.807) is 6.20 Å². The Balaban J connectivity index is 1.41. The number of hydrogen-bond acceptors (Lipinski definition) is 4. The molecule has 0 unspecified atom stereocenters. The Morgan fingerprint density at radius 1 is 1.16 bits per heavy atom. The van der Waals surface area contributed by atoms with E-state index in [0.717, 1.165) is 34.5 Å². The summed E-state index contributed by atoms with van der Waals surface area (Å²) in [6.45, 7) is 4.30. The lowest BCUT2D eigenvalue weighted by molar-refractivity contribution is 0.296. The molecule has 3 aromatic rings. The maximum Gasteiger partial charge on any atom is 0.213 e. The highest BCUT2D eigenvalue weighted by atomic mass is 79.9. The van der Waals surface area contributed by atoms with E-state index >= 15 is 0 Å². The average molecular weight is 401 g/mol. The van der Waals surface area contributed by atoms with Crippen molar-refractivity contribution in [3.05, 3.63) is 70.5 Å². The molecule has 3 rings (SSSR count). The molecule has 0 atom stereocenters. The summed E-state index contributed by atoms with van der Waals surface area (Å²) in [5.74, 6) is 2.51. The van der Waals surface area contributed by atoms with E-state index in [1.165, 1.54) is 5.56 Å². The quantitative estimate of drug-likeness (QED) is 0.542. The smallest absolute Gasteiger partial charge is 0.213 e. The van der Waals surface area contributed by atoms with Crippen molar-refractivity contribution in [3.8, 4) is 17.2 Å². The van der Waals surface area contributed by atoms with Crippen molar-refractivity contribution in [1.29, 1.82) is 0 Å². The molecule has 1 N–H and O–H groups in total. The topological polar surface area (TPSA) is 47.3 Å². The number of aromatic nitrogens is 1. The number of nitrogens with zero attached hydrogens (tertiary/aromatic N) is 1. The van der Waals surface area contributed by atoms with Crippen LogP contribution in [0.5, 0.6) is 5.88 Å². The standard InChI is InChI=1S/C20H21BrN2O2/c1-15-13-16(21)6-8-18(15)19-9-7-17(25-19)14-22-10-4-12-24-20-5-2-3-11-23-20/h2-3,5-9,11,13,22H,4,10,12,14H2,1H3. The molecule has 0 spiro atoms. The molecule has 0 bridgehead atoms. The highest BCUT2D eigenvalue weighted by Crippen LogP contribution is 2.27. The molecule has 5 heteroatoms. The van der Waals surface area contributed by atoms with Gasteiger partial charge in [-0.25, -0.2) is 4.98 Å². The molecule has 0 aliphatic heterocycles. The molecule has 25 heavy (non-hydrogen) atoms. The van der Waals surface area contributed by atoms with Gasteiger partial charge in [-0.3, -0.25) is 0 Å². The van der Waals surface area contributed by atoms with E-state index in [4.69, 9.17) is 9.15 Å². The van der Waals surface area contributed by atoms with E-state index in [9.17, 15) is 0 Å². The SMILES string of the molecule is Cc1cc(Br)ccc1-c1ccc(CNCCCOc2ccccn2)o1. The summed E-state index contributed by atoms with van der Waals surface area (Å²) in [6, 6.07) is 15.9. The number of ether oxygens (including phenoxy) is 1. The lowest BCUT2D eigenvalue weighted by Gasteiger charge is -2.06. The maximum absolute atomic E-state index is 5.95. The minimum absolute atomic E-state index is 0.644. The van der Waals surface area contributed by atoms with Crippen LogP contribution in [0.3, 0.4) is 0 Å². The van der Waals surface area contributed by atoms with Crippen LogP contribution >= 0.6 is 15.9 Å². The molecule has 0 amide bonds. The van der Waals surface area contributed by atoms with Crippen LogP contribution in [0.2, 0.25) is 0 Å². The van der Waals surface area contributed by atoms with Gasteiger partial charge in [-0.2, -0.15) is 0 Å². The Morgan fingerprint density at radius 2 is 2.08 bits per heavy atom. The molecule has 0 saturated heterocycles. The molecule has 2 aromatic heterocycles. The van der Waals surface area contributed by atoms with Gasteiger partial charge in [-0.05, 0) is 61.9 Å². The van der Waals surface area contributed by atoms with Crippen LogP contribution in [0, 0.1) is 6.92 Å². The largest absolute Gasteiger partial charge is 0.478 e. The number of benzene rings is 1. The summed E-state index contributed by atoms with van der Waals surface area (Å²) in [5, 5.41) is 3.37. The zero-order valence-electron chi connectivity index (χ0n) is 14.2. The molecule has 0 aliphatic rings. The van der Waals surface area contributed by atoms with Gasteiger partial charge in [-0.15, -0.1) is 0 Å². The highest BCUT2D eigenvalue weighted by molar-refractivity contribution is 9.10. The number of nitrogens with one attached hydrogen (secondary N) is 1. The Bertz CT molecular complexity index is 802. The van der Waals surface area contributed by atoms with Crippen LogP contribution in [-0.2, 0) is 6.54 Å². The first kappa shape index (κ1) is 17.7. The first-order valence-corrected chi connectivity index (χ1v) is 9.11. The average Bonchev–Trinajstić information content (AvgIpc) is 3.07. The highest BCUT2D eigenvalue weighted by Gasteiger charge is 2.07. The number of hydrogen-bond donors (Lipinski definition) is 1. The first-order chi connectivity index (χ1) is 12.2. The van der Waals surface area contributed by atoms with Gasteiger partial charge in [0.1, 0.15) is 11.5 Å². The van der Waals surface area contributed by atoms with Crippen LogP contribution in [0.25, 0.3) is 11.3 Å². The van der Waals surface area contributed by atoms with Crippen LogP contribution < -0.4 is 10.1 Å². The van der Waals surface area contributed by atoms with E-state index < -0.39 is 0 Å².